The molecule has 2 unspecified atom stereocenters. The van der Waals surface area contributed by atoms with E-state index in [1.807, 2.05) is 26.0 Å². The Hall–Kier alpha value is -1.79. The van der Waals surface area contributed by atoms with Gasteiger partial charge in [0.25, 0.3) is 0 Å². The van der Waals surface area contributed by atoms with E-state index in [0.717, 1.165) is 5.56 Å². The molecular formula is C18H29NO5. The maximum Gasteiger partial charge on any atom is 0.337 e. The van der Waals surface area contributed by atoms with Crippen LogP contribution in [-0.2, 0) is 16.0 Å². The molecule has 0 amide bonds. The number of aliphatic hydroxyl groups is 1. The number of hydrogen-bond donors (Lipinski definition) is 2. The van der Waals surface area contributed by atoms with Crippen molar-refractivity contribution in [3.8, 4) is 11.5 Å². The zero-order valence-electron chi connectivity index (χ0n) is 15.2. The molecule has 1 rings (SSSR count). The van der Waals surface area contributed by atoms with Crippen LogP contribution < -0.4 is 15.2 Å². The summed E-state index contributed by atoms with van der Waals surface area (Å²) in [5, 5.41) is 10.1. The lowest BCUT2D eigenvalue weighted by molar-refractivity contribution is -0.166. The van der Waals surface area contributed by atoms with E-state index in [2.05, 4.69) is 0 Å². The molecule has 0 saturated carbocycles. The minimum absolute atomic E-state index is 0.312. The first-order valence-electron chi connectivity index (χ1n) is 8.23. The van der Waals surface area contributed by atoms with Crippen molar-refractivity contribution in [3.63, 3.8) is 0 Å². The number of carbonyl (C=O) groups is 1. The Morgan fingerprint density at radius 3 is 2.29 bits per heavy atom. The van der Waals surface area contributed by atoms with Crippen molar-refractivity contribution in [3.05, 3.63) is 23.8 Å². The van der Waals surface area contributed by atoms with Gasteiger partial charge in [0.2, 0.25) is 0 Å². The van der Waals surface area contributed by atoms with Crippen molar-refractivity contribution in [2.75, 3.05) is 13.2 Å². The summed E-state index contributed by atoms with van der Waals surface area (Å²) in [6, 6.07) is 4.69. The highest BCUT2D eigenvalue weighted by Gasteiger charge is 2.28. The lowest BCUT2D eigenvalue weighted by atomic mass is 10.0. The molecule has 2 atom stereocenters. The Labute approximate surface area is 143 Å². The van der Waals surface area contributed by atoms with Gasteiger partial charge in [-0.25, -0.2) is 4.79 Å². The molecule has 0 aromatic heterocycles. The summed E-state index contributed by atoms with van der Waals surface area (Å²) >= 11 is 0. The monoisotopic (exact) mass is 339 g/mol. The summed E-state index contributed by atoms with van der Waals surface area (Å²) in [5.74, 6) is 0.561. The third-order valence-electron chi connectivity index (χ3n) is 3.13. The minimum atomic E-state index is -1.38. The predicted octanol–water partition coefficient (Wildman–Crippen LogP) is 2.06. The minimum Gasteiger partial charge on any atom is -0.490 e. The Bertz CT molecular complexity index is 539. The second-order valence-electron chi connectivity index (χ2n) is 6.49. The van der Waals surface area contributed by atoms with Crippen LogP contribution in [0.1, 0.15) is 40.2 Å². The Kier molecular flexibility index (Phi) is 7.51. The fraction of sp³-hybridized carbons (Fsp3) is 0.611. The number of nitrogens with two attached hydrogens (primary N) is 1. The molecule has 1 aromatic carbocycles. The van der Waals surface area contributed by atoms with Gasteiger partial charge in [0, 0.05) is 6.04 Å². The Morgan fingerprint density at radius 2 is 1.75 bits per heavy atom. The van der Waals surface area contributed by atoms with Gasteiger partial charge in [0.15, 0.2) is 17.6 Å². The molecule has 24 heavy (non-hydrogen) atoms. The molecule has 0 aliphatic carbocycles. The molecule has 0 spiro atoms. The van der Waals surface area contributed by atoms with E-state index in [0.29, 0.717) is 31.1 Å². The number of carbonyl (C=O) groups excluding carboxylic acids is 1. The highest BCUT2D eigenvalue weighted by Crippen LogP contribution is 2.29. The summed E-state index contributed by atoms with van der Waals surface area (Å²) in [6.45, 7) is 10.1. The molecule has 0 saturated heterocycles. The highest BCUT2D eigenvalue weighted by atomic mass is 16.6. The van der Waals surface area contributed by atoms with Gasteiger partial charge < -0.3 is 25.1 Å². The SMILES string of the molecule is CCOc1ccc(CC(N)C(O)C(=O)OC(C)(C)C)cc1OCC. The topological polar surface area (TPSA) is 91.0 Å². The van der Waals surface area contributed by atoms with Crippen LogP contribution in [-0.4, -0.2) is 42.0 Å². The molecule has 1 aromatic rings. The van der Waals surface area contributed by atoms with Crippen LogP contribution in [0.25, 0.3) is 0 Å². The molecule has 0 heterocycles. The van der Waals surface area contributed by atoms with Crippen molar-refractivity contribution in [1.29, 1.82) is 0 Å². The van der Waals surface area contributed by atoms with E-state index in [-0.39, 0.29) is 0 Å². The fourth-order valence-corrected chi connectivity index (χ4v) is 2.14. The van der Waals surface area contributed by atoms with Crippen molar-refractivity contribution < 1.29 is 24.1 Å². The Morgan fingerprint density at radius 1 is 1.17 bits per heavy atom. The van der Waals surface area contributed by atoms with Crippen molar-refractivity contribution >= 4 is 5.97 Å². The zero-order chi connectivity index (χ0) is 18.3. The summed E-state index contributed by atoms with van der Waals surface area (Å²) in [4.78, 5) is 11.9. The molecule has 6 nitrogen and oxygen atoms in total. The Balaban J connectivity index is 2.80. The first-order chi connectivity index (χ1) is 11.2. The fourth-order valence-electron chi connectivity index (χ4n) is 2.14. The number of ether oxygens (including phenoxy) is 3. The summed E-state index contributed by atoms with van der Waals surface area (Å²) in [5.41, 5.74) is 6.14. The third-order valence-corrected chi connectivity index (χ3v) is 3.13. The van der Waals surface area contributed by atoms with Gasteiger partial charge in [0.1, 0.15) is 5.60 Å². The molecule has 3 N–H and O–H groups in total. The van der Waals surface area contributed by atoms with Crippen LogP contribution in [0.3, 0.4) is 0 Å². The molecule has 136 valence electrons. The van der Waals surface area contributed by atoms with Crippen LogP contribution >= 0.6 is 0 Å². The van der Waals surface area contributed by atoms with Gasteiger partial charge >= 0.3 is 5.97 Å². The molecule has 0 radical (unpaired) electrons. The normalized spacial score (nSPS) is 14.0. The molecule has 0 bridgehead atoms. The first kappa shape index (κ1) is 20.3. The van der Waals surface area contributed by atoms with Gasteiger partial charge in [-0.15, -0.1) is 0 Å². The average Bonchev–Trinajstić information content (AvgIpc) is 2.47. The van der Waals surface area contributed by atoms with E-state index in [1.165, 1.54) is 0 Å². The van der Waals surface area contributed by atoms with Crippen LogP contribution in [0.15, 0.2) is 18.2 Å². The standard InChI is InChI=1S/C18H29NO5/c1-6-22-14-9-8-12(11-15(14)23-7-2)10-13(19)16(20)17(21)24-18(3,4)5/h8-9,11,13,16,20H,6-7,10,19H2,1-5H3. The maximum atomic E-state index is 11.9. The van der Waals surface area contributed by atoms with Crippen LogP contribution in [0.4, 0.5) is 0 Å². The largest absolute Gasteiger partial charge is 0.490 e. The van der Waals surface area contributed by atoms with Crippen molar-refractivity contribution in [2.45, 2.75) is 58.8 Å². The predicted molar refractivity (Wildman–Crippen MR) is 92.3 cm³/mol. The summed E-state index contributed by atoms with van der Waals surface area (Å²) in [6.07, 6.45) is -1.07. The van der Waals surface area contributed by atoms with E-state index in [1.54, 1.807) is 26.8 Å². The second kappa shape index (κ2) is 8.89. The third kappa shape index (κ3) is 6.37. The lowest BCUT2D eigenvalue weighted by Crippen LogP contribution is -2.45. The number of aliphatic hydroxyl groups excluding tert-OH is 1. The van der Waals surface area contributed by atoms with Gasteiger partial charge in [-0.2, -0.15) is 0 Å². The van der Waals surface area contributed by atoms with Crippen LogP contribution in [0.2, 0.25) is 0 Å². The van der Waals surface area contributed by atoms with Gasteiger partial charge in [-0.1, -0.05) is 6.07 Å². The van der Waals surface area contributed by atoms with Gasteiger partial charge in [0.05, 0.1) is 13.2 Å². The molecule has 0 aliphatic rings. The van der Waals surface area contributed by atoms with E-state index < -0.39 is 23.7 Å². The first-order valence-corrected chi connectivity index (χ1v) is 8.23. The molecule has 6 heteroatoms. The van der Waals surface area contributed by atoms with Crippen molar-refractivity contribution in [2.24, 2.45) is 5.73 Å². The maximum absolute atomic E-state index is 11.9. The van der Waals surface area contributed by atoms with Crippen molar-refractivity contribution in [1.82, 2.24) is 0 Å². The summed E-state index contributed by atoms with van der Waals surface area (Å²) < 4.78 is 16.2. The molecule has 0 aliphatic heterocycles. The number of hydrogen-bond acceptors (Lipinski definition) is 6. The van der Waals surface area contributed by atoms with Crippen LogP contribution in [0.5, 0.6) is 11.5 Å². The second-order valence-corrected chi connectivity index (χ2v) is 6.49. The highest BCUT2D eigenvalue weighted by molar-refractivity contribution is 5.75. The summed E-state index contributed by atoms with van der Waals surface area (Å²) in [7, 11) is 0. The van der Waals surface area contributed by atoms with Gasteiger partial charge in [-0.3, -0.25) is 0 Å². The van der Waals surface area contributed by atoms with E-state index in [9.17, 15) is 9.90 Å². The van der Waals surface area contributed by atoms with Gasteiger partial charge in [-0.05, 0) is 58.7 Å². The number of esters is 1. The number of rotatable bonds is 8. The smallest absolute Gasteiger partial charge is 0.337 e. The van der Waals surface area contributed by atoms with E-state index >= 15 is 0 Å². The molecule has 0 fully saturated rings. The zero-order valence-corrected chi connectivity index (χ0v) is 15.2. The number of benzene rings is 1. The molecular weight excluding hydrogens is 310 g/mol. The average molecular weight is 339 g/mol. The van der Waals surface area contributed by atoms with Crippen LogP contribution in [0, 0.1) is 0 Å². The quantitative estimate of drug-likeness (QED) is 0.705. The van der Waals surface area contributed by atoms with E-state index in [4.69, 9.17) is 19.9 Å². The lowest BCUT2D eigenvalue weighted by Gasteiger charge is -2.24.